The molecule has 0 aliphatic carbocycles. The average Bonchev–Trinajstić information content (AvgIpc) is 3.28. The number of amides is 2. The zero-order valence-corrected chi connectivity index (χ0v) is 15.7. The lowest BCUT2D eigenvalue weighted by molar-refractivity contribution is -0.121. The Hall–Kier alpha value is -2.99. The molecule has 3 heterocycles. The first kappa shape index (κ1) is 17.4. The van der Waals surface area contributed by atoms with Crippen LogP contribution in [-0.2, 0) is 11.3 Å². The average molecular weight is 377 g/mol. The van der Waals surface area contributed by atoms with Crippen LogP contribution in [0.4, 0.5) is 5.69 Å². The molecule has 1 aromatic carbocycles. The molecule has 0 radical (unpaired) electrons. The predicted molar refractivity (Wildman–Crippen MR) is 106 cm³/mol. The Morgan fingerprint density at radius 2 is 2.11 bits per heavy atom. The number of aromatic nitrogens is 1. The van der Waals surface area contributed by atoms with E-state index in [1.54, 1.807) is 34.6 Å². The molecular weight excluding hydrogens is 358 g/mol. The van der Waals surface area contributed by atoms with Crippen molar-refractivity contribution >= 4 is 28.8 Å². The second-order valence-corrected chi connectivity index (χ2v) is 7.56. The number of thiophene rings is 1. The van der Waals surface area contributed by atoms with Gasteiger partial charge in [-0.3, -0.25) is 19.5 Å². The number of aryl methyl sites for hydroxylation is 1. The number of pyridine rings is 1. The molecule has 2 amide bonds. The third kappa shape index (κ3) is 3.48. The van der Waals surface area contributed by atoms with E-state index in [2.05, 4.69) is 10.3 Å². The number of carbonyl (C=O) groups excluding carboxylic acids is 2. The quantitative estimate of drug-likeness (QED) is 0.734. The van der Waals surface area contributed by atoms with Crippen molar-refractivity contribution in [2.45, 2.75) is 25.9 Å². The van der Waals surface area contributed by atoms with Gasteiger partial charge in [0.1, 0.15) is 0 Å². The number of rotatable bonds is 5. The summed E-state index contributed by atoms with van der Waals surface area (Å²) in [5.74, 6) is -0.211. The minimum atomic E-state index is -0.404. The Kier molecular flexibility index (Phi) is 4.73. The van der Waals surface area contributed by atoms with E-state index in [1.807, 2.05) is 48.7 Å². The normalized spacial score (nSPS) is 15.7. The Labute approximate surface area is 161 Å². The number of nitrogens with zero attached hydrogens (tertiary/aromatic N) is 2. The van der Waals surface area contributed by atoms with E-state index < -0.39 is 6.04 Å². The molecule has 1 atom stereocenters. The van der Waals surface area contributed by atoms with Gasteiger partial charge in [-0.05, 0) is 48.2 Å². The van der Waals surface area contributed by atoms with Crippen molar-refractivity contribution in [1.82, 2.24) is 10.3 Å². The van der Waals surface area contributed by atoms with Crippen molar-refractivity contribution in [3.63, 3.8) is 0 Å². The summed E-state index contributed by atoms with van der Waals surface area (Å²) in [6.45, 7) is 2.48. The van der Waals surface area contributed by atoms with Gasteiger partial charge >= 0.3 is 0 Å². The highest BCUT2D eigenvalue weighted by Crippen LogP contribution is 2.38. The predicted octanol–water partition coefficient (Wildman–Crippen LogP) is 3.86. The van der Waals surface area contributed by atoms with Crippen LogP contribution in [-0.4, -0.2) is 16.8 Å². The Balaban J connectivity index is 1.60. The fraction of sp³-hybridized carbons (Fsp3) is 0.190. The first-order valence-electron chi connectivity index (χ1n) is 8.77. The minimum absolute atomic E-state index is 0.0997. The number of carbonyl (C=O) groups is 2. The maximum Gasteiger partial charge on any atom is 0.260 e. The van der Waals surface area contributed by atoms with Gasteiger partial charge in [0, 0.05) is 16.8 Å². The smallest absolute Gasteiger partial charge is 0.260 e. The van der Waals surface area contributed by atoms with Crippen molar-refractivity contribution in [3.8, 4) is 0 Å². The highest BCUT2D eigenvalue weighted by molar-refractivity contribution is 7.09. The molecule has 0 saturated carbocycles. The monoisotopic (exact) mass is 377 g/mol. The van der Waals surface area contributed by atoms with Crippen LogP contribution in [0, 0.1) is 6.92 Å². The minimum Gasteiger partial charge on any atom is -0.351 e. The number of anilines is 1. The summed E-state index contributed by atoms with van der Waals surface area (Å²) in [5.41, 5.74) is 3.07. The molecule has 1 aliphatic rings. The summed E-state index contributed by atoms with van der Waals surface area (Å²) in [6.07, 6.45) is 1.84. The maximum absolute atomic E-state index is 13.0. The van der Waals surface area contributed by atoms with Crippen LogP contribution in [0.5, 0.6) is 0 Å². The number of benzene rings is 1. The van der Waals surface area contributed by atoms with Gasteiger partial charge in [0.2, 0.25) is 5.91 Å². The molecule has 4 rings (SSSR count). The summed E-state index contributed by atoms with van der Waals surface area (Å²) >= 11 is 1.60. The van der Waals surface area contributed by atoms with Crippen molar-refractivity contribution in [2.24, 2.45) is 0 Å². The molecule has 3 aromatic rings. The molecule has 0 unspecified atom stereocenters. The fourth-order valence-corrected chi connectivity index (χ4v) is 4.01. The van der Waals surface area contributed by atoms with Crippen LogP contribution in [0.25, 0.3) is 0 Å². The van der Waals surface area contributed by atoms with Gasteiger partial charge in [-0.15, -0.1) is 11.3 Å². The zero-order chi connectivity index (χ0) is 18.8. The third-order valence-corrected chi connectivity index (χ3v) is 5.49. The summed E-state index contributed by atoms with van der Waals surface area (Å²) in [4.78, 5) is 32.8. The summed E-state index contributed by atoms with van der Waals surface area (Å²) in [7, 11) is 0. The molecular formula is C21H19N3O2S. The molecule has 1 aliphatic heterocycles. The molecule has 0 bridgehead atoms. The van der Waals surface area contributed by atoms with Crippen molar-refractivity contribution < 1.29 is 9.59 Å². The lowest BCUT2D eigenvalue weighted by Crippen LogP contribution is -2.32. The Morgan fingerprint density at radius 3 is 2.89 bits per heavy atom. The second kappa shape index (κ2) is 7.32. The fourth-order valence-electron chi connectivity index (χ4n) is 3.37. The van der Waals surface area contributed by atoms with Crippen LogP contribution in [0.3, 0.4) is 0 Å². The Bertz CT molecular complexity index is 985. The van der Waals surface area contributed by atoms with E-state index in [0.717, 1.165) is 16.1 Å². The topological polar surface area (TPSA) is 62.3 Å². The SMILES string of the molecule is Cc1cccc(N2C(=O)c3cccnc3[C@@H]2CC(=O)NCc2cccs2)c1. The van der Waals surface area contributed by atoms with Gasteiger partial charge in [0.15, 0.2) is 0 Å². The lowest BCUT2D eigenvalue weighted by atomic mass is 10.1. The molecule has 0 saturated heterocycles. The van der Waals surface area contributed by atoms with Crippen LogP contribution in [0.15, 0.2) is 60.1 Å². The van der Waals surface area contributed by atoms with Gasteiger partial charge < -0.3 is 5.32 Å². The van der Waals surface area contributed by atoms with Gasteiger partial charge in [0.25, 0.3) is 5.91 Å². The van der Waals surface area contributed by atoms with Crippen LogP contribution in [0.1, 0.15) is 39.0 Å². The van der Waals surface area contributed by atoms with Gasteiger partial charge in [-0.2, -0.15) is 0 Å². The largest absolute Gasteiger partial charge is 0.351 e. The molecule has 27 heavy (non-hydrogen) atoms. The number of nitrogens with one attached hydrogen (secondary N) is 1. The van der Waals surface area contributed by atoms with Crippen molar-refractivity contribution in [3.05, 3.63) is 81.8 Å². The van der Waals surface area contributed by atoms with E-state index in [4.69, 9.17) is 0 Å². The first-order valence-corrected chi connectivity index (χ1v) is 9.65. The number of fused-ring (bicyclic) bond motifs is 1. The highest BCUT2D eigenvalue weighted by atomic mass is 32.1. The van der Waals surface area contributed by atoms with E-state index in [-0.39, 0.29) is 18.2 Å². The van der Waals surface area contributed by atoms with E-state index in [0.29, 0.717) is 17.8 Å². The molecule has 1 N–H and O–H groups in total. The summed E-state index contributed by atoms with van der Waals surface area (Å²) in [5, 5.41) is 4.93. The second-order valence-electron chi connectivity index (χ2n) is 6.53. The van der Waals surface area contributed by atoms with Crippen LogP contribution >= 0.6 is 11.3 Å². The van der Waals surface area contributed by atoms with Gasteiger partial charge in [0.05, 0.1) is 30.3 Å². The number of hydrogen-bond acceptors (Lipinski definition) is 4. The van der Waals surface area contributed by atoms with E-state index in [9.17, 15) is 9.59 Å². The maximum atomic E-state index is 13.0. The molecule has 0 spiro atoms. The molecule has 2 aromatic heterocycles. The zero-order valence-electron chi connectivity index (χ0n) is 14.9. The molecule has 5 nitrogen and oxygen atoms in total. The van der Waals surface area contributed by atoms with Crippen LogP contribution in [0.2, 0.25) is 0 Å². The molecule has 0 fully saturated rings. The van der Waals surface area contributed by atoms with E-state index in [1.165, 1.54) is 0 Å². The summed E-state index contributed by atoms with van der Waals surface area (Å²) < 4.78 is 0. The molecule has 136 valence electrons. The van der Waals surface area contributed by atoms with E-state index >= 15 is 0 Å². The van der Waals surface area contributed by atoms with Crippen molar-refractivity contribution in [2.75, 3.05) is 4.90 Å². The Morgan fingerprint density at radius 1 is 1.22 bits per heavy atom. The van der Waals surface area contributed by atoms with Gasteiger partial charge in [-0.1, -0.05) is 18.2 Å². The van der Waals surface area contributed by atoms with Gasteiger partial charge in [-0.25, -0.2) is 0 Å². The van der Waals surface area contributed by atoms with Crippen molar-refractivity contribution in [1.29, 1.82) is 0 Å². The highest BCUT2D eigenvalue weighted by Gasteiger charge is 2.39. The summed E-state index contributed by atoms with van der Waals surface area (Å²) in [6, 6.07) is 14.8. The number of hydrogen-bond donors (Lipinski definition) is 1. The van der Waals surface area contributed by atoms with Crippen LogP contribution < -0.4 is 10.2 Å². The third-order valence-electron chi connectivity index (χ3n) is 4.61. The lowest BCUT2D eigenvalue weighted by Gasteiger charge is -2.25. The first-order chi connectivity index (χ1) is 13.1. The standard InChI is InChI=1S/C21H19N3O2S/c1-14-5-2-6-15(11-14)24-18(20-17(21(24)26)8-3-9-22-20)12-19(25)23-13-16-7-4-10-27-16/h2-11,18H,12-13H2,1H3,(H,23,25)/t18-/m0/s1. The molecule has 6 heteroatoms.